The Morgan fingerprint density at radius 2 is 1.85 bits per heavy atom. The fourth-order valence-corrected chi connectivity index (χ4v) is 5.01. The Morgan fingerprint density at radius 1 is 1.06 bits per heavy atom. The van der Waals surface area contributed by atoms with Crippen LogP contribution in [0.15, 0.2) is 54.6 Å². The van der Waals surface area contributed by atoms with Crippen molar-refractivity contribution in [2.45, 2.75) is 13.8 Å². The van der Waals surface area contributed by atoms with E-state index in [-0.39, 0.29) is 5.91 Å². The van der Waals surface area contributed by atoms with E-state index in [0.717, 1.165) is 40.5 Å². The molecule has 2 aromatic carbocycles. The Balaban J connectivity index is 1.46. The van der Waals surface area contributed by atoms with Gasteiger partial charge in [0.1, 0.15) is 0 Å². The fraction of sp³-hybridized carbons (Fsp3) is 0.250. The first-order valence-corrected chi connectivity index (χ1v) is 11.6. The minimum absolute atomic E-state index is 0.139. The van der Waals surface area contributed by atoms with Gasteiger partial charge < -0.3 is 15.0 Å². The number of thiophene rings is 1. The Kier molecular flexibility index (Phi) is 5.89. The summed E-state index contributed by atoms with van der Waals surface area (Å²) in [5.74, 6) is 0.544. The van der Waals surface area contributed by atoms with Crippen LogP contribution in [0.4, 0.5) is 10.7 Å². The van der Waals surface area contributed by atoms with Gasteiger partial charge in [-0.1, -0.05) is 36.4 Å². The summed E-state index contributed by atoms with van der Waals surface area (Å²) in [6, 6.07) is 17.9. The fourth-order valence-electron chi connectivity index (χ4n) is 3.88. The van der Waals surface area contributed by atoms with Gasteiger partial charge in [-0.05, 0) is 53.6 Å². The summed E-state index contributed by atoms with van der Waals surface area (Å²) in [6.45, 7) is 6.84. The minimum Gasteiger partial charge on any atom is -0.378 e. The largest absolute Gasteiger partial charge is 0.378 e. The molecule has 33 heavy (non-hydrogen) atoms. The topological polar surface area (TPSA) is 85.2 Å². The molecule has 0 saturated carbocycles. The molecule has 2 aromatic heterocycles. The van der Waals surface area contributed by atoms with E-state index in [9.17, 15) is 4.79 Å². The summed E-state index contributed by atoms with van der Waals surface area (Å²) < 4.78 is 7.19. The zero-order chi connectivity index (χ0) is 22.8. The molecule has 1 aliphatic heterocycles. The van der Waals surface area contributed by atoms with Gasteiger partial charge in [0.25, 0.3) is 5.91 Å². The number of hydrogen-bond donors (Lipinski definition) is 1. The minimum atomic E-state index is -0.139. The molecule has 0 unspecified atom stereocenters. The molecular weight excluding hydrogens is 436 g/mol. The van der Waals surface area contributed by atoms with Crippen molar-refractivity contribution in [3.8, 4) is 16.8 Å². The highest BCUT2D eigenvalue weighted by molar-refractivity contribution is 7.18. The summed E-state index contributed by atoms with van der Waals surface area (Å²) in [4.78, 5) is 16.2. The number of aryl methyl sites for hydroxylation is 2. The zero-order valence-corrected chi connectivity index (χ0v) is 19.3. The van der Waals surface area contributed by atoms with Crippen molar-refractivity contribution in [2.24, 2.45) is 0 Å². The van der Waals surface area contributed by atoms with Gasteiger partial charge in [0.2, 0.25) is 0 Å². The van der Waals surface area contributed by atoms with E-state index in [4.69, 9.17) is 4.74 Å². The molecule has 1 amide bonds. The van der Waals surface area contributed by atoms with Gasteiger partial charge in [-0.3, -0.25) is 4.79 Å². The van der Waals surface area contributed by atoms with Crippen molar-refractivity contribution in [3.05, 3.63) is 70.9 Å². The summed E-state index contributed by atoms with van der Waals surface area (Å²) in [5, 5.41) is 15.9. The Bertz CT molecular complexity index is 1280. The van der Waals surface area contributed by atoms with Crippen LogP contribution in [0.3, 0.4) is 0 Å². The molecule has 0 atom stereocenters. The average molecular weight is 461 g/mol. The number of carbonyl (C=O) groups is 1. The maximum absolute atomic E-state index is 13.3. The number of nitrogens with one attached hydrogen (secondary N) is 1. The maximum atomic E-state index is 13.3. The van der Waals surface area contributed by atoms with Gasteiger partial charge in [0, 0.05) is 24.3 Å². The van der Waals surface area contributed by atoms with Crippen molar-refractivity contribution >= 4 is 27.9 Å². The van der Waals surface area contributed by atoms with E-state index in [1.54, 1.807) is 4.68 Å². The van der Waals surface area contributed by atoms with E-state index < -0.39 is 0 Å². The number of ether oxygens (including phenoxy) is 1. The molecule has 168 valence electrons. The lowest BCUT2D eigenvalue weighted by atomic mass is 10.1. The van der Waals surface area contributed by atoms with Crippen LogP contribution in [0.5, 0.6) is 0 Å². The van der Waals surface area contributed by atoms with Crippen LogP contribution in [0.25, 0.3) is 16.8 Å². The number of tetrazole rings is 1. The summed E-state index contributed by atoms with van der Waals surface area (Å²) >= 11 is 1.52. The van der Waals surface area contributed by atoms with Crippen LogP contribution >= 0.6 is 11.3 Å². The third-order valence-electron chi connectivity index (χ3n) is 5.64. The van der Waals surface area contributed by atoms with Crippen LogP contribution < -0.4 is 10.2 Å². The molecule has 1 fully saturated rings. The van der Waals surface area contributed by atoms with Crippen molar-refractivity contribution in [3.63, 3.8) is 0 Å². The lowest BCUT2D eigenvalue weighted by molar-refractivity contribution is 0.103. The lowest BCUT2D eigenvalue weighted by Crippen LogP contribution is -2.35. The highest BCUT2D eigenvalue weighted by Gasteiger charge is 2.22. The van der Waals surface area contributed by atoms with Crippen LogP contribution in [0.1, 0.15) is 21.1 Å². The van der Waals surface area contributed by atoms with Crippen molar-refractivity contribution in [1.29, 1.82) is 0 Å². The van der Waals surface area contributed by atoms with E-state index in [1.165, 1.54) is 11.3 Å². The SMILES string of the molecule is Cc1ccc(NC(=O)c2cc(-c3ccccc3)c(N3CCOCC3)s2)cc1-n1nnnc1C. The molecule has 1 saturated heterocycles. The first-order chi connectivity index (χ1) is 16.1. The van der Waals surface area contributed by atoms with Gasteiger partial charge in [-0.25, -0.2) is 0 Å². The van der Waals surface area contributed by atoms with Crippen LogP contribution in [0, 0.1) is 13.8 Å². The third kappa shape index (κ3) is 4.37. The normalized spacial score (nSPS) is 13.8. The molecule has 0 bridgehead atoms. The number of aromatic nitrogens is 4. The average Bonchev–Trinajstić information content (AvgIpc) is 3.48. The molecule has 0 radical (unpaired) electrons. The van der Waals surface area contributed by atoms with Gasteiger partial charge in [-0.2, -0.15) is 4.68 Å². The number of morpholine rings is 1. The number of carbonyl (C=O) groups excluding carboxylic acids is 1. The smallest absolute Gasteiger partial charge is 0.265 e. The van der Waals surface area contributed by atoms with Crippen molar-refractivity contribution < 1.29 is 9.53 Å². The Morgan fingerprint density at radius 3 is 2.58 bits per heavy atom. The number of amides is 1. The van der Waals surface area contributed by atoms with Crippen molar-refractivity contribution in [2.75, 3.05) is 36.5 Å². The first-order valence-electron chi connectivity index (χ1n) is 10.8. The predicted molar refractivity (Wildman–Crippen MR) is 129 cm³/mol. The Labute approximate surface area is 195 Å². The number of hydrogen-bond acceptors (Lipinski definition) is 7. The van der Waals surface area contributed by atoms with Crippen LogP contribution in [0.2, 0.25) is 0 Å². The molecule has 8 nitrogen and oxygen atoms in total. The molecule has 4 aromatic rings. The zero-order valence-electron chi connectivity index (χ0n) is 18.5. The number of nitrogens with zero attached hydrogens (tertiary/aromatic N) is 5. The van der Waals surface area contributed by atoms with Gasteiger partial charge in [0.15, 0.2) is 5.82 Å². The van der Waals surface area contributed by atoms with Crippen LogP contribution in [-0.4, -0.2) is 52.4 Å². The van der Waals surface area contributed by atoms with Crippen molar-refractivity contribution in [1.82, 2.24) is 20.2 Å². The lowest BCUT2D eigenvalue weighted by Gasteiger charge is -2.28. The highest BCUT2D eigenvalue weighted by atomic mass is 32.1. The standard InChI is InChI=1S/C24H24N6O2S/c1-16-8-9-19(14-21(16)30-17(2)26-27-28-30)25-23(31)22-15-20(18-6-4-3-5-7-18)24(33-22)29-10-12-32-13-11-29/h3-9,14-15H,10-13H2,1-2H3,(H,25,31). The summed E-state index contributed by atoms with van der Waals surface area (Å²) in [5.41, 5.74) is 4.71. The summed E-state index contributed by atoms with van der Waals surface area (Å²) in [7, 11) is 0. The van der Waals surface area contributed by atoms with E-state index in [2.05, 4.69) is 37.9 Å². The molecule has 5 rings (SSSR count). The first kappa shape index (κ1) is 21.3. The predicted octanol–water partition coefficient (Wildman–Crippen LogP) is 4.10. The maximum Gasteiger partial charge on any atom is 0.265 e. The number of rotatable bonds is 5. The quantitative estimate of drug-likeness (QED) is 0.483. The van der Waals surface area contributed by atoms with Crippen LogP contribution in [-0.2, 0) is 4.74 Å². The second kappa shape index (κ2) is 9.13. The van der Waals surface area contributed by atoms with E-state index in [1.807, 2.05) is 56.3 Å². The molecule has 0 spiro atoms. The molecule has 3 heterocycles. The second-order valence-electron chi connectivity index (χ2n) is 7.89. The molecular formula is C24H24N6O2S. The van der Waals surface area contributed by atoms with Gasteiger partial charge in [-0.15, -0.1) is 16.4 Å². The third-order valence-corrected chi connectivity index (χ3v) is 6.83. The highest BCUT2D eigenvalue weighted by Crippen LogP contribution is 2.39. The number of anilines is 2. The molecule has 1 N–H and O–H groups in total. The number of benzene rings is 2. The van der Waals surface area contributed by atoms with Gasteiger partial charge >= 0.3 is 0 Å². The second-order valence-corrected chi connectivity index (χ2v) is 8.92. The molecule has 0 aliphatic carbocycles. The summed E-state index contributed by atoms with van der Waals surface area (Å²) in [6.07, 6.45) is 0. The van der Waals surface area contributed by atoms with E-state index >= 15 is 0 Å². The monoisotopic (exact) mass is 460 g/mol. The molecule has 1 aliphatic rings. The molecule has 9 heteroatoms. The van der Waals surface area contributed by atoms with E-state index in [0.29, 0.717) is 29.6 Å². The van der Waals surface area contributed by atoms with Gasteiger partial charge in [0.05, 0.1) is 28.8 Å². The Hall–Kier alpha value is -3.56.